The van der Waals surface area contributed by atoms with Gasteiger partial charge in [-0.15, -0.1) is 22.4 Å². The van der Waals surface area contributed by atoms with E-state index in [4.69, 9.17) is 0 Å². The maximum absolute atomic E-state index is 2.88. The van der Waals surface area contributed by atoms with Gasteiger partial charge in [0.1, 0.15) is 0 Å². The van der Waals surface area contributed by atoms with Crippen molar-refractivity contribution in [1.29, 1.82) is 0 Å². The minimum Gasteiger partial charge on any atom is -0.273 e. The Morgan fingerprint density at radius 1 is 1.43 bits per heavy atom. The van der Waals surface area contributed by atoms with Crippen molar-refractivity contribution in [2.24, 2.45) is 0 Å². The van der Waals surface area contributed by atoms with Crippen molar-refractivity contribution in [3.05, 3.63) is 22.9 Å². The molecule has 3 heteroatoms. The molecule has 0 saturated heterocycles. The molecule has 1 aromatic rings. The zero-order chi connectivity index (χ0) is 3.54. The van der Waals surface area contributed by atoms with Crippen molar-refractivity contribution < 1.29 is 19.5 Å². The van der Waals surface area contributed by atoms with Crippen molar-refractivity contribution in [2.45, 2.75) is 0 Å². The fraction of sp³-hybridized carbons (Fsp3) is 0. The van der Waals surface area contributed by atoms with Crippen LogP contribution in [0.2, 0.25) is 0 Å². The second kappa shape index (κ2) is 6.80. The third kappa shape index (κ3) is 4.66. The van der Waals surface area contributed by atoms with Crippen LogP contribution in [0, 0.1) is 6.07 Å². The SMILES string of the molecule is Br.[Zn].[c-]1ccsc1. The summed E-state index contributed by atoms with van der Waals surface area (Å²) in [6, 6.07) is 4.77. The number of rotatable bonds is 0. The van der Waals surface area contributed by atoms with E-state index in [2.05, 4.69) is 6.07 Å². The molecule has 0 spiro atoms. The molecule has 0 atom stereocenters. The first-order valence-corrected chi connectivity index (χ1v) is 2.32. The van der Waals surface area contributed by atoms with Gasteiger partial charge in [-0.3, -0.25) is 11.3 Å². The van der Waals surface area contributed by atoms with Crippen LogP contribution in [0.4, 0.5) is 0 Å². The Labute approximate surface area is 70.5 Å². The Balaban J connectivity index is 0. The molecule has 1 rings (SSSR count). The van der Waals surface area contributed by atoms with Gasteiger partial charge in [-0.2, -0.15) is 5.38 Å². The second-order valence-electron chi connectivity index (χ2n) is 0.723. The van der Waals surface area contributed by atoms with E-state index in [9.17, 15) is 0 Å². The molecule has 0 amide bonds. The van der Waals surface area contributed by atoms with Crippen LogP contribution in [0.15, 0.2) is 16.8 Å². The van der Waals surface area contributed by atoms with E-state index in [0.717, 1.165) is 0 Å². The first kappa shape index (κ1) is 10.7. The fourth-order valence-corrected chi connectivity index (χ4v) is 0.589. The summed E-state index contributed by atoms with van der Waals surface area (Å²) in [5.41, 5.74) is 0. The van der Waals surface area contributed by atoms with E-state index in [-0.39, 0.29) is 36.5 Å². The minimum absolute atomic E-state index is 0. The van der Waals surface area contributed by atoms with Gasteiger partial charge in [-0.1, -0.05) is 0 Å². The summed E-state index contributed by atoms with van der Waals surface area (Å²) in [7, 11) is 0. The van der Waals surface area contributed by atoms with Crippen LogP contribution >= 0.6 is 28.3 Å². The Morgan fingerprint density at radius 2 is 2.14 bits per heavy atom. The molecule has 0 bridgehead atoms. The van der Waals surface area contributed by atoms with Crippen LogP contribution in [-0.2, 0) is 19.5 Å². The molecule has 0 N–H and O–H groups in total. The number of hydrogen-bond donors (Lipinski definition) is 0. The quantitative estimate of drug-likeness (QED) is 0.472. The first-order chi connectivity index (χ1) is 2.50. The van der Waals surface area contributed by atoms with Gasteiger partial charge in [0.15, 0.2) is 0 Å². The Kier molecular flexibility index (Phi) is 10.4. The molecule has 0 aliphatic carbocycles. The Morgan fingerprint density at radius 3 is 2.29 bits per heavy atom. The maximum atomic E-state index is 2.88. The molecule has 0 unspecified atom stereocenters. The molecule has 0 aliphatic heterocycles. The van der Waals surface area contributed by atoms with Gasteiger partial charge in [-0.05, 0) is 0 Å². The van der Waals surface area contributed by atoms with E-state index in [1.165, 1.54) is 0 Å². The van der Waals surface area contributed by atoms with Gasteiger partial charge >= 0.3 is 0 Å². The van der Waals surface area contributed by atoms with Gasteiger partial charge < -0.3 is 0 Å². The van der Waals surface area contributed by atoms with E-state index in [1.54, 1.807) is 11.3 Å². The van der Waals surface area contributed by atoms with Gasteiger partial charge in [0.05, 0.1) is 0 Å². The maximum Gasteiger partial charge on any atom is 0 e. The van der Waals surface area contributed by atoms with Gasteiger partial charge in [-0.25, -0.2) is 12.1 Å². The van der Waals surface area contributed by atoms with E-state index < -0.39 is 0 Å². The van der Waals surface area contributed by atoms with Crippen LogP contribution in [-0.4, -0.2) is 0 Å². The van der Waals surface area contributed by atoms with Crippen LogP contribution in [0.1, 0.15) is 0 Å². The molecule has 1 aromatic heterocycles. The summed E-state index contributed by atoms with van der Waals surface area (Å²) < 4.78 is 0. The van der Waals surface area contributed by atoms with Gasteiger partial charge in [0.25, 0.3) is 0 Å². The molecule has 0 radical (unpaired) electrons. The second-order valence-corrected chi connectivity index (χ2v) is 1.50. The Hall–Kier alpha value is 0.803. The molecule has 36 valence electrons. The normalized spacial score (nSPS) is 5.71. The standard InChI is InChI=1S/C4H3S.BrH.Zn/c1-2-4-5-3-1;;/h1,3-4H;1H;/q-1;;. The molecule has 7 heavy (non-hydrogen) atoms. The third-order valence-corrected chi connectivity index (χ3v) is 0.944. The molecule has 0 nitrogen and oxygen atoms in total. The molecule has 0 saturated carbocycles. The zero-order valence-corrected chi connectivity index (χ0v) is 9.25. The summed E-state index contributed by atoms with van der Waals surface area (Å²) in [5.74, 6) is 0. The van der Waals surface area contributed by atoms with Crippen molar-refractivity contribution in [3.8, 4) is 0 Å². The predicted molar refractivity (Wildman–Crippen MR) is 33.5 cm³/mol. The average Bonchev–Trinajstić information content (AvgIpc) is 1.76. The monoisotopic (exact) mass is 227 g/mol. The summed E-state index contributed by atoms with van der Waals surface area (Å²) in [5, 5.41) is 3.90. The van der Waals surface area contributed by atoms with Crippen LogP contribution in [0.3, 0.4) is 0 Å². The van der Waals surface area contributed by atoms with Crippen LogP contribution < -0.4 is 0 Å². The van der Waals surface area contributed by atoms with Crippen molar-refractivity contribution in [2.75, 3.05) is 0 Å². The third-order valence-electron chi connectivity index (χ3n) is 0.379. The number of thiophene rings is 1. The van der Waals surface area contributed by atoms with Crippen LogP contribution in [0.25, 0.3) is 0 Å². The number of halogens is 1. The molecule has 0 aromatic carbocycles. The zero-order valence-electron chi connectivity index (χ0n) is 3.76. The van der Waals surface area contributed by atoms with Crippen molar-refractivity contribution in [1.82, 2.24) is 0 Å². The molecule has 1 heterocycles. The molecular weight excluding hydrogens is 225 g/mol. The molecule has 0 fully saturated rings. The van der Waals surface area contributed by atoms with Crippen molar-refractivity contribution >= 4 is 28.3 Å². The minimum atomic E-state index is 0. The summed E-state index contributed by atoms with van der Waals surface area (Å²) >= 11 is 1.66. The first-order valence-electron chi connectivity index (χ1n) is 1.38. The largest absolute Gasteiger partial charge is 0.273 e. The topological polar surface area (TPSA) is 0 Å². The van der Waals surface area contributed by atoms with E-state index in [1.807, 2.05) is 16.8 Å². The molecular formula is C4H4BrSZn-. The summed E-state index contributed by atoms with van der Waals surface area (Å²) in [4.78, 5) is 0. The molecule has 0 aliphatic rings. The fourth-order valence-electron chi connectivity index (χ4n) is 0.196. The smallest absolute Gasteiger partial charge is 0 e. The predicted octanol–water partition coefficient (Wildman–Crippen LogP) is 2.12. The number of hydrogen-bond acceptors (Lipinski definition) is 1. The summed E-state index contributed by atoms with van der Waals surface area (Å²) in [6.45, 7) is 0. The van der Waals surface area contributed by atoms with Gasteiger partial charge in [0.2, 0.25) is 0 Å². The van der Waals surface area contributed by atoms with Crippen molar-refractivity contribution in [3.63, 3.8) is 0 Å². The van der Waals surface area contributed by atoms with E-state index >= 15 is 0 Å². The Bertz CT molecular complexity index is 68.2. The van der Waals surface area contributed by atoms with E-state index in [0.29, 0.717) is 0 Å². The average molecular weight is 229 g/mol. The van der Waals surface area contributed by atoms with Gasteiger partial charge in [0, 0.05) is 19.5 Å². The van der Waals surface area contributed by atoms with Crippen LogP contribution in [0.5, 0.6) is 0 Å². The summed E-state index contributed by atoms with van der Waals surface area (Å²) in [6.07, 6.45) is 0.